The molecule has 7 heteroatoms. The largest absolute Gasteiger partial charge is 0.368 e. The van der Waals surface area contributed by atoms with Gasteiger partial charge in [0.1, 0.15) is 5.82 Å². The molecule has 0 saturated carbocycles. The minimum atomic E-state index is -0.493. The van der Waals surface area contributed by atoms with Crippen molar-refractivity contribution >= 4 is 29.0 Å². The lowest BCUT2D eigenvalue weighted by molar-refractivity contribution is 0.102. The summed E-state index contributed by atoms with van der Waals surface area (Å²) >= 11 is 0. The van der Waals surface area contributed by atoms with Gasteiger partial charge in [-0.15, -0.1) is 0 Å². The van der Waals surface area contributed by atoms with Crippen molar-refractivity contribution in [3.05, 3.63) is 90.2 Å². The van der Waals surface area contributed by atoms with Gasteiger partial charge < -0.3 is 20.4 Å². The van der Waals surface area contributed by atoms with E-state index < -0.39 is 11.7 Å². The smallest absolute Gasteiger partial charge is 0.321 e. The highest BCUT2D eigenvalue weighted by molar-refractivity contribution is 6.04. The van der Waals surface area contributed by atoms with E-state index in [2.05, 4.69) is 27.7 Å². The molecule has 0 radical (unpaired) electrons. The average molecular weight is 418 g/mol. The van der Waals surface area contributed by atoms with E-state index in [1.54, 1.807) is 41.3 Å². The Kier molecular flexibility index (Phi) is 6.12. The SMILES string of the molecule is O=C(Nc1ccccc1F)c1ccc(NC(=O)N2CCN(c3ccccc3)CC2)cc1. The third kappa shape index (κ3) is 5.01. The molecule has 0 unspecified atom stereocenters. The van der Waals surface area contributed by atoms with Crippen LogP contribution < -0.4 is 15.5 Å². The summed E-state index contributed by atoms with van der Waals surface area (Å²) in [5, 5.41) is 5.41. The van der Waals surface area contributed by atoms with E-state index >= 15 is 0 Å². The number of hydrogen-bond donors (Lipinski definition) is 2. The van der Waals surface area contributed by atoms with Gasteiger partial charge in [0.05, 0.1) is 5.69 Å². The number of carbonyl (C=O) groups is 2. The van der Waals surface area contributed by atoms with Crippen LogP contribution in [0.1, 0.15) is 10.4 Å². The minimum Gasteiger partial charge on any atom is -0.368 e. The Balaban J connectivity index is 1.30. The van der Waals surface area contributed by atoms with Crippen LogP contribution in [-0.2, 0) is 0 Å². The molecule has 1 aliphatic heterocycles. The van der Waals surface area contributed by atoms with Gasteiger partial charge in [-0.1, -0.05) is 30.3 Å². The molecule has 3 aromatic carbocycles. The Morgan fingerprint density at radius 2 is 1.39 bits per heavy atom. The van der Waals surface area contributed by atoms with Crippen LogP contribution in [0, 0.1) is 5.82 Å². The van der Waals surface area contributed by atoms with E-state index in [-0.39, 0.29) is 11.7 Å². The molecular weight excluding hydrogens is 395 g/mol. The average Bonchev–Trinajstić information content (AvgIpc) is 2.81. The van der Waals surface area contributed by atoms with Crippen molar-refractivity contribution in [3.8, 4) is 0 Å². The number of amides is 3. The van der Waals surface area contributed by atoms with E-state index in [0.29, 0.717) is 24.3 Å². The zero-order valence-corrected chi connectivity index (χ0v) is 16.9. The summed E-state index contributed by atoms with van der Waals surface area (Å²) in [6.45, 7) is 2.80. The number of halogens is 1. The fourth-order valence-electron chi connectivity index (χ4n) is 3.47. The van der Waals surface area contributed by atoms with Gasteiger partial charge in [0, 0.05) is 43.1 Å². The molecular formula is C24H23FN4O2. The van der Waals surface area contributed by atoms with Crippen molar-refractivity contribution in [1.82, 2.24) is 4.90 Å². The first-order valence-electron chi connectivity index (χ1n) is 10.1. The summed E-state index contributed by atoms with van der Waals surface area (Å²) < 4.78 is 13.7. The van der Waals surface area contributed by atoms with Gasteiger partial charge in [0.15, 0.2) is 0 Å². The van der Waals surface area contributed by atoms with E-state index in [1.165, 1.54) is 12.1 Å². The molecule has 4 rings (SSSR count). The maximum atomic E-state index is 13.7. The summed E-state index contributed by atoms with van der Waals surface area (Å²) in [6, 6.07) is 22.5. The second-order valence-corrected chi connectivity index (χ2v) is 7.25. The molecule has 0 bridgehead atoms. The summed E-state index contributed by atoms with van der Waals surface area (Å²) in [5.41, 5.74) is 2.25. The number of urea groups is 1. The van der Waals surface area contributed by atoms with Crippen LogP contribution in [-0.4, -0.2) is 43.0 Å². The third-order valence-corrected chi connectivity index (χ3v) is 5.21. The van der Waals surface area contributed by atoms with Crippen LogP contribution in [0.2, 0.25) is 0 Å². The number of para-hydroxylation sites is 2. The fraction of sp³-hybridized carbons (Fsp3) is 0.167. The predicted octanol–water partition coefficient (Wildman–Crippen LogP) is 4.43. The first-order chi connectivity index (χ1) is 15.1. The second kappa shape index (κ2) is 9.30. The minimum absolute atomic E-state index is 0.125. The summed E-state index contributed by atoms with van der Waals surface area (Å²) in [7, 11) is 0. The van der Waals surface area contributed by atoms with Crippen molar-refractivity contribution in [2.75, 3.05) is 41.7 Å². The second-order valence-electron chi connectivity index (χ2n) is 7.25. The number of nitrogens with one attached hydrogen (secondary N) is 2. The van der Waals surface area contributed by atoms with Crippen molar-refractivity contribution in [1.29, 1.82) is 0 Å². The van der Waals surface area contributed by atoms with Gasteiger partial charge in [0.25, 0.3) is 5.91 Å². The van der Waals surface area contributed by atoms with Gasteiger partial charge in [-0.05, 0) is 48.5 Å². The Morgan fingerprint density at radius 1 is 0.742 bits per heavy atom. The predicted molar refractivity (Wildman–Crippen MR) is 120 cm³/mol. The van der Waals surface area contributed by atoms with Crippen molar-refractivity contribution in [2.24, 2.45) is 0 Å². The van der Waals surface area contributed by atoms with Crippen molar-refractivity contribution in [3.63, 3.8) is 0 Å². The van der Waals surface area contributed by atoms with E-state index in [1.807, 2.05) is 18.2 Å². The lowest BCUT2D eigenvalue weighted by Gasteiger charge is -2.36. The first-order valence-corrected chi connectivity index (χ1v) is 10.1. The molecule has 1 fully saturated rings. The Labute approximate surface area is 180 Å². The van der Waals surface area contributed by atoms with E-state index in [9.17, 15) is 14.0 Å². The lowest BCUT2D eigenvalue weighted by Crippen LogP contribution is -2.50. The van der Waals surface area contributed by atoms with Crippen LogP contribution in [0.5, 0.6) is 0 Å². The molecule has 0 aliphatic carbocycles. The van der Waals surface area contributed by atoms with Gasteiger partial charge in [0.2, 0.25) is 0 Å². The maximum Gasteiger partial charge on any atom is 0.321 e. The Morgan fingerprint density at radius 3 is 2.06 bits per heavy atom. The number of carbonyl (C=O) groups excluding carboxylic acids is 2. The molecule has 1 heterocycles. The molecule has 2 N–H and O–H groups in total. The topological polar surface area (TPSA) is 64.7 Å². The normalized spacial score (nSPS) is 13.6. The van der Waals surface area contributed by atoms with Crippen LogP contribution in [0.3, 0.4) is 0 Å². The van der Waals surface area contributed by atoms with Crippen LogP contribution in [0.4, 0.5) is 26.2 Å². The molecule has 0 spiro atoms. The van der Waals surface area contributed by atoms with Crippen molar-refractivity contribution < 1.29 is 14.0 Å². The highest BCUT2D eigenvalue weighted by atomic mass is 19.1. The Bertz CT molecular complexity index is 1050. The van der Waals surface area contributed by atoms with Crippen molar-refractivity contribution in [2.45, 2.75) is 0 Å². The molecule has 31 heavy (non-hydrogen) atoms. The number of rotatable bonds is 4. The van der Waals surface area contributed by atoms with E-state index in [4.69, 9.17) is 0 Å². The first kappa shape index (κ1) is 20.4. The molecule has 0 aromatic heterocycles. The molecule has 158 valence electrons. The molecule has 1 saturated heterocycles. The number of hydrogen-bond acceptors (Lipinski definition) is 3. The van der Waals surface area contributed by atoms with Gasteiger partial charge in [-0.25, -0.2) is 9.18 Å². The summed E-state index contributed by atoms with van der Waals surface area (Å²) in [6.07, 6.45) is 0. The molecule has 1 aliphatic rings. The van der Waals surface area contributed by atoms with Crippen LogP contribution in [0.25, 0.3) is 0 Å². The van der Waals surface area contributed by atoms with Crippen LogP contribution in [0.15, 0.2) is 78.9 Å². The number of nitrogens with zero attached hydrogens (tertiary/aromatic N) is 2. The third-order valence-electron chi connectivity index (χ3n) is 5.21. The highest BCUT2D eigenvalue weighted by Crippen LogP contribution is 2.18. The molecule has 3 amide bonds. The molecule has 6 nitrogen and oxygen atoms in total. The standard InChI is InChI=1S/C24H23FN4O2/c25-21-8-4-5-9-22(21)27-23(30)18-10-12-19(13-11-18)26-24(31)29-16-14-28(15-17-29)20-6-2-1-3-7-20/h1-13H,14-17H2,(H,26,31)(H,27,30). The number of piperazine rings is 1. The molecule has 0 atom stereocenters. The highest BCUT2D eigenvalue weighted by Gasteiger charge is 2.21. The zero-order valence-electron chi connectivity index (χ0n) is 16.9. The zero-order chi connectivity index (χ0) is 21.6. The maximum absolute atomic E-state index is 13.7. The number of benzene rings is 3. The van der Waals surface area contributed by atoms with Gasteiger partial charge >= 0.3 is 6.03 Å². The monoisotopic (exact) mass is 418 g/mol. The Hall–Kier alpha value is -3.87. The lowest BCUT2D eigenvalue weighted by atomic mass is 10.2. The van der Waals surface area contributed by atoms with Gasteiger partial charge in [-0.2, -0.15) is 0 Å². The van der Waals surface area contributed by atoms with E-state index in [0.717, 1.165) is 18.8 Å². The van der Waals surface area contributed by atoms with Crippen LogP contribution >= 0.6 is 0 Å². The quantitative estimate of drug-likeness (QED) is 0.659. The fourth-order valence-corrected chi connectivity index (χ4v) is 3.47. The summed E-state index contributed by atoms with van der Waals surface area (Å²) in [4.78, 5) is 28.9. The molecule has 3 aromatic rings. The summed E-state index contributed by atoms with van der Waals surface area (Å²) in [5.74, 6) is -0.910. The van der Waals surface area contributed by atoms with Gasteiger partial charge in [-0.3, -0.25) is 4.79 Å². The number of anilines is 3.